The first-order valence-corrected chi connectivity index (χ1v) is 4.91. The van der Waals surface area contributed by atoms with Gasteiger partial charge in [0.05, 0.1) is 6.04 Å². The molecule has 0 saturated heterocycles. The van der Waals surface area contributed by atoms with Gasteiger partial charge in [-0.2, -0.15) is 0 Å². The molecule has 5 heteroatoms. The smallest absolute Gasteiger partial charge is 0.177 e. The van der Waals surface area contributed by atoms with Crippen LogP contribution in [-0.4, -0.2) is 20.5 Å². The van der Waals surface area contributed by atoms with Gasteiger partial charge >= 0.3 is 0 Å². The normalized spacial score (nSPS) is 13.1. The Balaban J connectivity index is 3.06. The molecule has 0 amide bonds. The number of rotatable bonds is 5. The number of hydrazine groups is 1. The minimum atomic E-state index is -0.564. The number of nitrogens with one attached hydrogen (secondary N) is 1. The molecule has 0 bridgehead atoms. The van der Waals surface area contributed by atoms with E-state index in [1.54, 1.807) is 6.07 Å². The Morgan fingerprint density at radius 2 is 1.94 bits per heavy atom. The summed E-state index contributed by atoms with van der Waals surface area (Å²) in [6.07, 6.45) is -0.564. The second kappa shape index (κ2) is 5.91. The summed E-state index contributed by atoms with van der Waals surface area (Å²) in [4.78, 5) is 0. The lowest BCUT2D eigenvalue weighted by molar-refractivity contribution is -0.124. The third kappa shape index (κ3) is 2.76. The van der Waals surface area contributed by atoms with E-state index in [0.717, 1.165) is 11.1 Å². The van der Waals surface area contributed by atoms with Crippen molar-refractivity contribution < 1.29 is 13.9 Å². The van der Waals surface area contributed by atoms with Crippen LogP contribution in [0.15, 0.2) is 18.2 Å². The van der Waals surface area contributed by atoms with Crippen molar-refractivity contribution in [1.29, 1.82) is 0 Å². The van der Waals surface area contributed by atoms with Crippen molar-refractivity contribution in [1.82, 2.24) is 5.43 Å². The highest BCUT2D eigenvalue weighted by Crippen LogP contribution is 2.23. The highest BCUT2D eigenvalue weighted by molar-refractivity contribution is 5.30. The molecule has 0 spiro atoms. The molecule has 1 unspecified atom stereocenters. The minimum absolute atomic E-state index is 0.313. The number of methoxy groups -OCH3 is 2. The lowest BCUT2D eigenvalue weighted by atomic mass is 10.0. The third-order valence-corrected chi connectivity index (χ3v) is 2.49. The molecule has 0 radical (unpaired) electrons. The van der Waals surface area contributed by atoms with Crippen LogP contribution in [0.4, 0.5) is 4.39 Å². The Bertz CT molecular complexity index is 343. The zero-order valence-electron chi connectivity index (χ0n) is 9.66. The van der Waals surface area contributed by atoms with E-state index in [4.69, 9.17) is 15.3 Å². The Labute approximate surface area is 94.5 Å². The molecule has 0 saturated carbocycles. The maximum Gasteiger partial charge on any atom is 0.177 e. The summed E-state index contributed by atoms with van der Waals surface area (Å²) >= 11 is 0. The lowest BCUT2D eigenvalue weighted by Gasteiger charge is -2.25. The van der Waals surface area contributed by atoms with Crippen LogP contribution in [-0.2, 0) is 9.47 Å². The Morgan fingerprint density at radius 1 is 1.31 bits per heavy atom. The Hall–Kier alpha value is -1.01. The molecule has 0 aliphatic heterocycles. The summed E-state index contributed by atoms with van der Waals surface area (Å²) in [5.74, 6) is 5.13. The van der Waals surface area contributed by atoms with Crippen LogP contribution in [0.1, 0.15) is 17.2 Å². The van der Waals surface area contributed by atoms with Crippen LogP contribution >= 0.6 is 0 Å². The molecule has 0 aromatic heterocycles. The largest absolute Gasteiger partial charge is 0.354 e. The Morgan fingerprint density at radius 3 is 2.44 bits per heavy atom. The third-order valence-electron chi connectivity index (χ3n) is 2.49. The van der Waals surface area contributed by atoms with Crippen LogP contribution in [0.3, 0.4) is 0 Å². The number of benzene rings is 1. The topological polar surface area (TPSA) is 56.5 Å². The SMILES string of the molecule is COC(OC)C(NN)c1cc(F)ccc1C. The number of nitrogens with two attached hydrogens (primary N) is 1. The summed E-state index contributed by atoms with van der Waals surface area (Å²) in [6.45, 7) is 1.88. The molecule has 4 nitrogen and oxygen atoms in total. The van der Waals surface area contributed by atoms with Gasteiger partial charge in [-0.1, -0.05) is 6.07 Å². The fraction of sp³-hybridized carbons (Fsp3) is 0.455. The molecule has 90 valence electrons. The predicted molar refractivity (Wildman–Crippen MR) is 59.0 cm³/mol. The minimum Gasteiger partial charge on any atom is -0.354 e. The van der Waals surface area contributed by atoms with E-state index in [-0.39, 0.29) is 5.82 Å². The average Bonchev–Trinajstić information content (AvgIpc) is 2.29. The monoisotopic (exact) mass is 228 g/mol. The van der Waals surface area contributed by atoms with E-state index in [0.29, 0.717) is 0 Å². The predicted octanol–water partition coefficient (Wildman–Crippen LogP) is 1.26. The van der Waals surface area contributed by atoms with Gasteiger partial charge in [0.25, 0.3) is 0 Å². The number of hydrogen-bond donors (Lipinski definition) is 2. The van der Waals surface area contributed by atoms with Gasteiger partial charge in [-0.3, -0.25) is 5.84 Å². The maximum atomic E-state index is 13.2. The fourth-order valence-corrected chi connectivity index (χ4v) is 1.63. The van der Waals surface area contributed by atoms with Gasteiger partial charge in [-0.15, -0.1) is 0 Å². The van der Waals surface area contributed by atoms with E-state index in [9.17, 15) is 4.39 Å². The molecule has 1 rings (SSSR count). The van der Waals surface area contributed by atoms with Crippen molar-refractivity contribution >= 4 is 0 Å². The van der Waals surface area contributed by atoms with Gasteiger partial charge in [-0.05, 0) is 30.2 Å². The van der Waals surface area contributed by atoms with Crippen molar-refractivity contribution in [2.45, 2.75) is 19.3 Å². The van der Waals surface area contributed by atoms with Crippen LogP contribution in [0.2, 0.25) is 0 Å². The molecule has 1 aromatic rings. The van der Waals surface area contributed by atoms with Gasteiger partial charge in [0.15, 0.2) is 6.29 Å². The van der Waals surface area contributed by atoms with Crippen LogP contribution < -0.4 is 11.3 Å². The van der Waals surface area contributed by atoms with Crippen LogP contribution in [0, 0.1) is 12.7 Å². The number of halogens is 1. The number of ether oxygens (including phenoxy) is 2. The standard InChI is InChI=1S/C11H17FN2O2/c1-7-4-5-8(12)6-9(7)10(14-13)11(15-2)16-3/h4-6,10-11,14H,13H2,1-3H3. The summed E-state index contributed by atoms with van der Waals surface area (Å²) in [5, 5.41) is 0. The number of hydrogen-bond acceptors (Lipinski definition) is 4. The Kier molecular flexibility index (Phi) is 4.82. The molecule has 0 aliphatic carbocycles. The van der Waals surface area contributed by atoms with Crippen molar-refractivity contribution in [3.63, 3.8) is 0 Å². The van der Waals surface area contributed by atoms with Gasteiger partial charge < -0.3 is 9.47 Å². The fourth-order valence-electron chi connectivity index (χ4n) is 1.63. The van der Waals surface area contributed by atoms with Crippen LogP contribution in [0.5, 0.6) is 0 Å². The second-order valence-electron chi connectivity index (χ2n) is 3.49. The molecule has 0 heterocycles. The van der Waals surface area contributed by atoms with Gasteiger partial charge in [0.2, 0.25) is 0 Å². The first-order chi connectivity index (χ1) is 7.63. The zero-order chi connectivity index (χ0) is 12.1. The second-order valence-corrected chi connectivity index (χ2v) is 3.49. The quantitative estimate of drug-likeness (QED) is 0.452. The van der Waals surface area contributed by atoms with E-state index in [2.05, 4.69) is 5.43 Å². The van der Waals surface area contributed by atoms with E-state index >= 15 is 0 Å². The first-order valence-electron chi connectivity index (χ1n) is 4.91. The molecule has 1 atom stereocenters. The molecule has 0 aliphatic rings. The summed E-state index contributed by atoms with van der Waals surface area (Å²) in [6, 6.07) is 4.11. The summed E-state index contributed by atoms with van der Waals surface area (Å²) < 4.78 is 23.4. The molecule has 1 aromatic carbocycles. The zero-order valence-corrected chi connectivity index (χ0v) is 9.66. The lowest BCUT2D eigenvalue weighted by Crippen LogP contribution is -2.39. The van der Waals surface area contributed by atoms with Crippen molar-refractivity contribution in [2.75, 3.05) is 14.2 Å². The molecule has 16 heavy (non-hydrogen) atoms. The van der Waals surface area contributed by atoms with Crippen molar-refractivity contribution in [2.24, 2.45) is 5.84 Å². The van der Waals surface area contributed by atoms with Crippen molar-refractivity contribution in [3.8, 4) is 0 Å². The highest BCUT2D eigenvalue weighted by atomic mass is 19.1. The van der Waals surface area contributed by atoms with E-state index in [1.165, 1.54) is 26.4 Å². The number of aryl methyl sites for hydroxylation is 1. The maximum absolute atomic E-state index is 13.2. The van der Waals surface area contributed by atoms with Crippen LogP contribution in [0.25, 0.3) is 0 Å². The summed E-state index contributed by atoms with van der Waals surface area (Å²) in [7, 11) is 3.01. The molecular formula is C11H17FN2O2. The van der Waals surface area contributed by atoms with Crippen molar-refractivity contribution in [3.05, 3.63) is 35.1 Å². The molecule has 0 fully saturated rings. The van der Waals surface area contributed by atoms with Gasteiger partial charge in [0.1, 0.15) is 5.82 Å². The van der Waals surface area contributed by atoms with E-state index < -0.39 is 12.3 Å². The summed E-state index contributed by atoms with van der Waals surface area (Å²) in [5.41, 5.74) is 4.21. The first kappa shape index (κ1) is 13.1. The van der Waals surface area contributed by atoms with Gasteiger partial charge in [-0.25, -0.2) is 9.82 Å². The van der Waals surface area contributed by atoms with E-state index in [1.807, 2.05) is 6.92 Å². The highest BCUT2D eigenvalue weighted by Gasteiger charge is 2.23. The molecule has 3 N–H and O–H groups in total. The average molecular weight is 228 g/mol. The van der Waals surface area contributed by atoms with Gasteiger partial charge in [0, 0.05) is 14.2 Å². The molecular weight excluding hydrogens is 211 g/mol.